The molecule has 4 nitrogen and oxygen atoms in total. The quantitative estimate of drug-likeness (QED) is 0.796. The molecule has 0 bridgehead atoms. The summed E-state index contributed by atoms with van der Waals surface area (Å²) < 4.78 is 0. The van der Waals surface area contributed by atoms with E-state index in [1.165, 1.54) is 0 Å². The highest BCUT2D eigenvalue weighted by Gasteiger charge is 2.20. The molecular formula is C11H11ClN2O2. The zero-order chi connectivity index (χ0) is 11.9. The molecule has 2 N–H and O–H groups in total. The number of nitrogens with one attached hydrogen (secondary N) is 1. The Morgan fingerprint density at radius 2 is 2.12 bits per heavy atom. The maximum atomic E-state index is 11.7. The van der Waals surface area contributed by atoms with Crippen molar-refractivity contribution < 1.29 is 5.11 Å². The summed E-state index contributed by atoms with van der Waals surface area (Å²) in [6.07, 6.45) is 0. The molecule has 5 heteroatoms. The van der Waals surface area contributed by atoms with E-state index in [9.17, 15) is 9.90 Å². The molecule has 0 spiro atoms. The molecule has 0 amide bonds. The summed E-state index contributed by atoms with van der Waals surface area (Å²) in [4.78, 5) is 18.4. The monoisotopic (exact) mass is 238 g/mol. The molecule has 0 unspecified atom stereocenters. The number of H-pyrrole nitrogens is 1. The Bertz CT molecular complexity index is 599. The van der Waals surface area contributed by atoms with Crippen molar-refractivity contribution >= 4 is 22.5 Å². The third-order valence-electron chi connectivity index (χ3n) is 2.25. The van der Waals surface area contributed by atoms with E-state index in [2.05, 4.69) is 9.97 Å². The smallest absolute Gasteiger partial charge is 0.258 e. The third kappa shape index (κ3) is 1.94. The number of rotatable bonds is 1. The van der Waals surface area contributed by atoms with Crippen LogP contribution in [0.25, 0.3) is 10.9 Å². The lowest BCUT2D eigenvalue weighted by molar-refractivity contribution is 0.0688. The first kappa shape index (κ1) is 11.1. The van der Waals surface area contributed by atoms with Gasteiger partial charge < -0.3 is 10.1 Å². The number of nitrogens with zero attached hydrogens (tertiary/aromatic N) is 1. The minimum atomic E-state index is -1.18. The summed E-state index contributed by atoms with van der Waals surface area (Å²) in [5.74, 6) is 0.229. The van der Waals surface area contributed by atoms with Gasteiger partial charge in [0.25, 0.3) is 5.56 Å². The molecule has 2 aromatic rings. The number of benzene rings is 1. The van der Waals surface area contributed by atoms with E-state index >= 15 is 0 Å². The summed E-state index contributed by atoms with van der Waals surface area (Å²) in [7, 11) is 0. The van der Waals surface area contributed by atoms with Gasteiger partial charge in [0.1, 0.15) is 11.4 Å². The van der Waals surface area contributed by atoms with Gasteiger partial charge in [-0.2, -0.15) is 0 Å². The van der Waals surface area contributed by atoms with Crippen LogP contribution in [0.15, 0.2) is 23.0 Å². The lowest BCUT2D eigenvalue weighted by Crippen LogP contribution is -2.24. The van der Waals surface area contributed by atoms with Crippen molar-refractivity contribution in [2.45, 2.75) is 19.4 Å². The standard InChI is InChI=1S/C11H11ClN2O2/c1-11(2,16)10-13-8-5-6(12)3-4-7(8)9(15)14-10/h3-5,16H,1-2H3,(H,13,14,15). The predicted octanol–water partition coefficient (Wildman–Crippen LogP) is 1.80. The number of fused-ring (bicyclic) bond motifs is 1. The number of aliphatic hydroxyl groups is 1. The first-order chi connectivity index (χ1) is 7.38. The van der Waals surface area contributed by atoms with Crippen LogP contribution in [0.3, 0.4) is 0 Å². The average molecular weight is 239 g/mol. The van der Waals surface area contributed by atoms with E-state index in [4.69, 9.17) is 11.6 Å². The van der Waals surface area contributed by atoms with E-state index in [0.29, 0.717) is 15.9 Å². The van der Waals surface area contributed by atoms with Crippen molar-refractivity contribution in [2.75, 3.05) is 0 Å². The summed E-state index contributed by atoms with van der Waals surface area (Å²) in [5.41, 5.74) is -0.984. The van der Waals surface area contributed by atoms with Crippen LogP contribution in [0, 0.1) is 0 Å². The Morgan fingerprint density at radius 1 is 1.44 bits per heavy atom. The van der Waals surface area contributed by atoms with Gasteiger partial charge in [0.15, 0.2) is 0 Å². The van der Waals surface area contributed by atoms with Crippen LogP contribution in [0.2, 0.25) is 5.02 Å². The van der Waals surface area contributed by atoms with Crippen molar-refractivity contribution in [2.24, 2.45) is 0 Å². The van der Waals surface area contributed by atoms with Crippen molar-refractivity contribution in [3.8, 4) is 0 Å². The first-order valence-electron chi connectivity index (χ1n) is 4.80. The Labute approximate surface area is 96.9 Å². The number of aromatic nitrogens is 2. The second-order valence-corrected chi connectivity index (χ2v) is 4.57. The van der Waals surface area contributed by atoms with Gasteiger partial charge in [-0.1, -0.05) is 11.6 Å². The average Bonchev–Trinajstić information content (AvgIpc) is 2.15. The van der Waals surface area contributed by atoms with Crippen LogP contribution < -0.4 is 5.56 Å². The van der Waals surface area contributed by atoms with Crippen LogP contribution in [-0.4, -0.2) is 15.1 Å². The van der Waals surface area contributed by atoms with Gasteiger partial charge in [-0.3, -0.25) is 4.79 Å². The third-order valence-corrected chi connectivity index (χ3v) is 2.48. The Hall–Kier alpha value is -1.39. The van der Waals surface area contributed by atoms with E-state index in [1.54, 1.807) is 32.0 Å². The molecule has 0 aliphatic carbocycles. The Morgan fingerprint density at radius 3 is 2.75 bits per heavy atom. The molecule has 1 aromatic heterocycles. The SMILES string of the molecule is CC(C)(O)c1nc2cc(Cl)ccc2c(=O)[nH]1. The van der Waals surface area contributed by atoms with Crippen LogP contribution in [-0.2, 0) is 5.60 Å². The van der Waals surface area contributed by atoms with Gasteiger partial charge in [0, 0.05) is 5.02 Å². The van der Waals surface area contributed by atoms with Gasteiger partial charge in [-0.05, 0) is 32.0 Å². The molecule has 1 heterocycles. The minimum Gasteiger partial charge on any atom is -0.383 e. The maximum Gasteiger partial charge on any atom is 0.258 e. The first-order valence-corrected chi connectivity index (χ1v) is 5.18. The molecule has 0 saturated heterocycles. The predicted molar refractivity (Wildman–Crippen MR) is 62.6 cm³/mol. The van der Waals surface area contributed by atoms with Crippen LogP contribution in [0.1, 0.15) is 19.7 Å². The molecule has 1 aromatic carbocycles. The van der Waals surface area contributed by atoms with Gasteiger partial charge >= 0.3 is 0 Å². The topological polar surface area (TPSA) is 66.0 Å². The summed E-state index contributed by atoms with van der Waals surface area (Å²) in [5, 5.41) is 10.7. The molecule has 0 aliphatic rings. The van der Waals surface area contributed by atoms with E-state index in [0.717, 1.165) is 0 Å². The number of hydrogen-bond donors (Lipinski definition) is 2. The molecule has 0 aliphatic heterocycles. The fraction of sp³-hybridized carbons (Fsp3) is 0.273. The normalized spacial score (nSPS) is 12.0. The highest BCUT2D eigenvalue weighted by molar-refractivity contribution is 6.31. The summed E-state index contributed by atoms with van der Waals surface area (Å²) in [6.45, 7) is 3.11. The zero-order valence-electron chi connectivity index (χ0n) is 8.91. The molecular weight excluding hydrogens is 228 g/mol. The van der Waals surface area contributed by atoms with E-state index < -0.39 is 5.60 Å². The van der Waals surface area contributed by atoms with Crippen molar-refractivity contribution in [1.82, 2.24) is 9.97 Å². The van der Waals surface area contributed by atoms with Crippen LogP contribution in [0.5, 0.6) is 0 Å². The zero-order valence-corrected chi connectivity index (χ0v) is 9.67. The second-order valence-electron chi connectivity index (χ2n) is 4.14. The lowest BCUT2D eigenvalue weighted by Gasteiger charge is -2.16. The second kappa shape index (κ2) is 3.57. The van der Waals surface area contributed by atoms with E-state index in [-0.39, 0.29) is 11.4 Å². The number of aromatic amines is 1. The Kier molecular flexibility index (Phi) is 2.48. The molecule has 0 atom stereocenters. The van der Waals surface area contributed by atoms with Gasteiger partial charge in [0.2, 0.25) is 0 Å². The van der Waals surface area contributed by atoms with Crippen molar-refractivity contribution in [3.63, 3.8) is 0 Å². The highest BCUT2D eigenvalue weighted by atomic mass is 35.5. The summed E-state index contributed by atoms with van der Waals surface area (Å²) in [6, 6.07) is 4.84. The summed E-state index contributed by atoms with van der Waals surface area (Å²) >= 11 is 5.82. The highest BCUT2D eigenvalue weighted by Crippen LogP contribution is 2.18. The number of halogens is 1. The maximum absolute atomic E-state index is 11.7. The van der Waals surface area contributed by atoms with Gasteiger partial charge in [0.05, 0.1) is 10.9 Å². The largest absolute Gasteiger partial charge is 0.383 e. The molecule has 16 heavy (non-hydrogen) atoms. The molecule has 84 valence electrons. The lowest BCUT2D eigenvalue weighted by atomic mass is 10.1. The van der Waals surface area contributed by atoms with Gasteiger partial charge in [-0.25, -0.2) is 4.98 Å². The van der Waals surface area contributed by atoms with Crippen molar-refractivity contribution in [1.29, 1.82) is 0 Å². The molecule has 0 radical (unpaired) electrons. The van der Waals surface area contributed by atoms with E-state index in [1.807, 2.05) is 0 Å². The molecule has 0 fully saturated rings. The number of hydrogen-bond acceptors (Lipinski definition) is 3. The molecule has 2 rings (SSSR count). The Balaban J connectivity index is 2.80. The fourth-order valence-electron chi connectivity index (χ4n) is 1.40. The van der Waals surface area contributed by atoms with Gasteiger partial charge in [-0.15, -0.1) is 0 Å². The minimum absolute atomic E-state index is 0.229. The van der Waals surface area contributed by atoms with Crippen molar-refractivity contribution in [3.05, 3.63) is 39.4 Å². The van der Waals surface area contributed by atoms with Crippen LogP contribution in [0.4, 0.5) is 0 Å². The van der Waals surface area contributed by atoms with Crippen LogP contribution >= 0.6 is 11.6 Å². The fourth-order valence-corrected chi connectivity index (χ4v) is 1.57. The molecule has 0 saturated carbocycles.